The molecule has 0 aliphatic carbocycles. The third kappa shape index (κ3) is 4.69. The lowest BCUT2D eigenvalue weighted by molar-refractivity contribution is -0.349. The van der Waals surface area contributed by atoms with Crippen LogP contribution in [0.25, 0.3) is 11.0 Å². The monoisotopic (exact) mass is 484 g/mol. The van der Waals surface area contributed by atoms with Crippen LogP contribution in [0.2, 0.25) is 0 Å². The molecule has 2 fully saturated rings. The first-order valence-corrected chi connectivity index (χ1v) is 10.8. The lowest BCUT2D eigenvalue weighted by Gasteiger charge is -2.45. The molecule has 6 N–H and O–H groups in total. The Morgan fingerprint density at radius 3 is 2.32 bits per heavy atom. The molecule has 0 bridgehead atoms. The standard InChI is InChI=1S/C22H28O12/c1-8-5-14(24)32-12-6-10(3-4-11(8)12)31-22-19(29)17(27)20(13(7-23)33-22)34-21-18(28)16(26)15(25)9(2)30-21/h3-6,9,13,15-23,25-29H,7H2,1-2H3/t9-,13+,15+,16+,17+,18-,19+,20+,21-,22+/m0/s1. The summed E-state index contributed by atoms with van der Waals surface area (Å²) in [6.45, 7) is 2.56. The van der Waals surface area contributed by atoms with Crippen molar-refractivity contribution in [3.63, 3.8) is 0 Å². The third-order valence-corrected chi connectivity index (χ3v) is 6.10. The molecule has 3 heterocycles. The van der Waals surface area contributed by atoms with Crippen molar-refractivity contribution in [3.8, 4) is 5.75 Å². The molecule has 4 rings (SSSR count). The van der Waals surface area contributed by atoms with E-state index in [0.29, 0.717) is 10.9 Å². The summed E-state index contributed by atoms with van der Waals surface area (Å²) < 4.78 is 27.3. The highest BCUT2D eigenvalue weighted by atomic mass is 16.7. The normalized spacial score (nSPS) is 38.7. The maximum absolute atomic E-state index is 11.7. The molecule has 0 amide bonds. The number of hydrogen-bond acceptors (Lipinski definition) is 12. The summed E-state index contributed by atoms with van der Waals surface area (Å²) in [5.41, 5.74) is 0.430. The van der Waals surface area contributed by atoms with E-state index in [1.165, 1.54) is 19.1 Å². The predicted octanol–water partition coefficient (Wildman–Crippen LogP) is -1.87. The molecule has 10 atom stereocenters. The molecule has 188 valence electrons. The van der Waals surface area contributed by atoms with Crippen molar-refractivity contribution in [1.29, 1.82) is 0 Å². The Bertz CT molecular complexity index is 1050. The molecule has 1 aromatic heterocycles. The molecule has 2 aliphatic heterocycles. The maximum atomic E-state index is 11.7. The van der Waals surface area contributed by atoms with Crippen LogP contribution in [-0.2, 0) is 14.2 Å². The Kier molecular flexibility index (Phi) is 7.24. The molecule has 2 aliphatic rings. The van der Waals surface area contributed by atoms with Crippen LogP contribution in [0, 0.1) is 6.92 Å². The van der Waals surface area contributed by atoms with Crippen molar-refractivity contribution in [2.75, 3.05) is 6.61 Å². The zero-order valence-electron chi connectivity index (χ0n) is 18.4. The molecular formula is C22H28O12. The molecule has 0 spiro atoms. The van der Waals surface area contributed by atoms with Crippen LogP contribution >= 0.6 is 0 Å². The minimum atomic E-state index is -1.65. The van der Waals surface area contributed by atoms with E-state index in [2.05, 4.69) is 0 Å². The highest BCUT2D eigenvalue weighted by Gasteiger charge is 2.50. The number of rotatable bonds is 5. The van der Waals surface area contributed by atoms with E-state index in [1.54, 1.807) is 19.1 Å². The Hall–Kier alpha value is -2.13. The van der Waals surface area contributed by atoms with E-state index in [9.17, 15) is 35.4 Å². The molecule has 2 aromatic rings. The summed E-state index contributed by atoms with van der Waals surface area (Å²) >= 11 is 0. The Balaban J connectivity index is 1.50. The fourth-order valence-electron chi connectivity index (χ4n) is 4.11. The van der Waals surface area contributed by atoms with E-state index in [-0.39, 0.29) is 11.3 Å². The van der Waals surface area contributed by atoms with E-state index < -0.39 is 73.6 Å². The van der Waals surface area contributed by atoms with Crippen LogP contribution in [0.4, 0.5) is 0 Å². The first-order valence-electron chi connectivity index (χ1n) is 10.8. The van der Waals surface area contributed by atoms with Gasteiger partial charge in [-0.1, -0.05) is 0 Å². The smallest absolute Gasteiger partial charge is 0.336 e. The van der Waals surface area contributed by atoms with Gasteiger partial charge in [0.1, 0.15) is 54.1 Å². The van der Waals surface area contributed by atoms with Crippen LogP contribution in [0.3, 0.4) is 0 Å². The summed E-state index contributed by atoms with van der Waals surface area (Å²) in [4.78, 5) is 11.7. The van der Waals surface area contributed by atoms with Gasteiger partial charge in [0.25, 0.3) is 0 Å². The summed E-state index contributed by atoms with van der Waals surface area (Å²) in [7, 11) is 0. The largest absolute Gasteiger partial charge is 0.462 e. The highest BCUT2D eigenvalue weighted by Crippen LogP contribution is 2.31. The summed E-state index contributed by atoms with van der Waals surface area (Å²) in [5, 5.41) is 61.7. The van der Waals surface area contributed by atoms with Gasteiger partial charge in [-0.3, -0.25) is 0 Å². The Labute approximate surface area is 193 Å². The number of ether oxygens (including phenoxy) is 4. The average Bonchev–Trinajstić information content (AvgIpc) is 2.80. The number of aliphatic hydroxyl groups excluding tert-OH is 6. The van der Waals surface area contributed by atoms with Gasteiger partial charge >= 0.3 is 5.63 Å². The van der Waals surface area contributed by atoms with Crippen LogP contribution < -0.4 is 10.4 Å². The van der Waals surface area contributed by atoms with Crippen LogP contribution in [0.15, 0.2) is 33.5 Å². The zero-order chi connectivity index (χ0) is 24.7. The molecule has 12 nitrogen and oxygen atoms in total. The summed E-state index contributed by atoms with van der Waals surface area (Å²) in [6, 6.07) is 6.01. The molecule has 0 unspecified atom stereocenters. The Morgan fingerprint density at radius 2 is 1.62 bits per heavy atom. The number of aliphatic hydroxyl groups is 6. The minimum Gasteiger partial charge on any atom is -0.462 e. The molecule has 1 aromatic carbocycles. The lowest BCUT2D eigenvalue weighted by atomic mass is 9.97. The molecule has 34 heavy (non-hydrogen) atoms. The second-order valence-electron chi connectivity index (χ2n) is 8.51. The molecule has 12 heteroatoms. The van der Waals surface area contributed by atoms with E-state index in [4.69, 9.17) is 23.4 Å². The molecular weight excluding hydrogens is 456 g/mol. The van der Waals surface area contributed by atoms with E-state index in [1.807, 2.05) is 0 Å². The molecule has 0 radical (unpaired) electrons. The van der Waals surface area contributed by atoms with Crippen LogP contribution in [-0.4, -0.2) is 98.7 Å². The van der Waals surface area contributed by atoms with Crippen molar-refractivity contribution < 1.29 is 54.0 Å². The van der Waals surface area contributed by atoms with Gasteiger partial charge in [-0.15, -0.1) is 0 Å². The first-order chi connectivity index (χ1) is 16.1. The number of benzene rings is 1. The van der Waals surface area contributed by atoms with Crippen molar-refractivity contribution in [2.24, 2.45) is 0 Å². The second kappa shape index (κ2) is 9.85. The quantitative estimate of drug-likeness (QED) is 0.260. The minimum absolute atomic E-state index is 0.172. The van der Waals surface area contributed by atoms with Crippen molar-refractivity contribution in [2.45, 2.75) is 75.3 Å². The average molecular weight is 484 g/mol. The zero-order valence-corrected chi connectivity index (χ0v) is 18.4. The van der Waals surface area contributed by atoms with Crippen molar-refractivity contribution >= 4 is 11.0 Å². The fraction of sp³-hybridized carbons (Fsp3) is 0.591. The van der Waals surface area contributed by atoms with Crippen molar-refractivity contribution in [1.82, 2.24) is 0 Å². The van der Waals surface area contributed by atoms with Crippen molar-refractivity contribution in [3.05, 3.63) is 40.2 Å². The van der Waals surface area contributed by atoms with Crippen LogP contribution in [0.5, 0.6) is 5.75 Å². The third-order valence-electron chi connectivity index (χ3n) is 6.10. The highest BCUT2D eigenvalue weighted by molar-refractivity contribution is 5.81. The fourth-order valence-corrected chi connectivity index (χ4v) is 4.11. The predicted molar refractivity (Wildman–Crippen MR) is 113 cm³/mol. The van der Waals surface area contributed by atoms with Gasteiger partial charge < -0.3 is 54.0 Å². The second-order valence-corrected chi connectivity index (χ2v) is 8.51. The van der Waals surface area contributed by atoms with E-state index in [0.717, 1.165) is 0 Å². The van der Waals surface area contributed by atoms with Gasteiger partial charge in [0.05, 0.1) is 12.7 Å². The van der Waals surface area contributed by atoms with Gasteiger partial charge in [-0.25, -0.2) is 4.79 Å². The Morgan fingerprint density at radius 1 is 0.912 bits per heavy atom. The number of fused-ring (bicyclic) bond motifs is 1. The van der Waals surface area contributed by atoms with Gasteiger partial charge in [-0.05, 0) is 31.5 Å². The maximum Gasteiger partial charge on any atom is 0.336 e. The lowest BCUT2D eigenvalue weighted by Crippen LogP contribution is -2.64. The van der Waals surface area contributed by atoms with E-state index >= 15 is 0 Å². The summed E-state index contributed by atoms with van der Waals surface area (Å²) in [6.07, 6.45) is -14.2. The van der Waals surface area contributed by atoms with Gasteiger partial charge in [-0.2, -0.15) is 0 Å². The van der Waals surface area contributed by atoms with Gasteiger partial charge in [0.2, 0.25) is 6.29 Å². The SMILES string of the molecule is Cc1cc(=O)oc2cc(O[C@@H]3O[C@H](CO)[C@@H](O[C@@H]4O[C@@H](C)[C@@H](O)[C@@H](O)[C@@H]4O)[C@H](O)[C@H]3O)ccc12. The number of aryl methyl sites for hydroxylation is 1. The van der Waals surface area contributed by atoms with Crippen LogP contribution in [0.1, 0.15) is 12.5 Å². The van der Waals surface area contributed by atoms with Gasteiger partial charge in [0.15, 0.2) is 6.29 Å². The number of hydrogen-bond donors (Lipinski definition) is 6. The topological polar surface area (TPSA) is 189 Å². The first kappa shape index (κ1) is 25.0. The summed E-state index contributed by atoms with van der Waals surface area (Å²) in [5.74, 6) is 0.172. The molecule has 0 saturated carbocycles. The van der Waals surface area contributed by atoms with Gasteiger partial charge in [0, 0.05) is 17.5 Å². The molecule has 2 saturated heterocycles.